The summed E-state index contributed by atoms with van der Waals surface area (Å²) in [5.41, 5.74) is -0.304. The molecule has 0 heterocycles. The fraction of sp³-hybridized carbons (Fsp3) is 1.00. The van der Waals surface area contributed by atoms with Gasteiger partial charge in [-0.2, -0.15) is 0 Å². The SMILES string of the molecule is C[C@@]1(O)CC[C@H]2CCC[C@H]21. The molecule has 0 amide bonds. The molecule has 3 atom stereocenters. The zero-order chi connectivity index (χ0) is 7.19. The number of hydrogen-bond acceptors (Lipinski definition) is 1. The minimum absolute atomic E-state index is 0.304. The van der Waals surface area contributed by atoms with E-state index in [9.17, 15) is 5.11 Å². The first-order chi connectivity index (χ1) is 4.70. The van der Waals surface area contributed by atoms with E-state index in [1.54, 1.807) is 0 Å². The van der Waals surface area contributed by atoms with Crippen LogP contribution in [0.4, 0.5) is 0 Å². The highest BCUT2D eigenvalue weighted by atomic mass is 16.3. The van der Waals surface area contributed by atoms with Gasteiger partial charge in [0.15, 0.2) is 0 Å². The molecule has 2 aliphatic rings. The lowest BCUT2D eigenvalue weighted by atomic mass is 9.90. The zero-order valence-electron chi connectivity index (χ0n) is 6.64. The van der Waals surface area contributed by atoms with Crippen LogP contribution in [0.3, 0.4) is 0 Å². The average molecular weight is 140 g/mol. The van der Waals surface area contributed by atoms with Gasteiger partial charge in [-0.3, -0.25) is 0 Å². The van der Waals surface area contributed by atoms with Crippen molar-refractivity contribution in [3.8, 4) is 0 Å². The Morgan fingerprint density at radius 2 is 2.10 bits per heavy atom. The van der Waals surface area contributed by atoms with E-state index < -0.39 is 0 Å². The van der Waals surface area contributed by atoms with Crippen molar-refractivity contribution < 1.29 is 5.11 Å². The predicted octanol–water partition coefficient (Wildman–Crippen LogP) is 1.95. The van der Waals surface area contributed by atoms with Crippen LogP contribution < -0.4 is 0 Å². The van der Waals surface area contributed by atoms with Gasteiger partial charge in [0.25, 0.3) is 0 Å². The van der Waals surface area contributed by atoms with Crippen LogP contribution in [-0.4, -0.2) is 10.7 Å². The average Bonchev–Trinajstić information content (AvgIpc) is 2.36. The summed E-state index contributed by atoms with van der Waals surface area (Å²) in [7, 11) is 0. The molecular formula is C9H16O. The predicted molar refractivity (Wildman–Crippen MR) is 40.7 cm³/mol. The molecule has 0 spiro atoms. The van der Waals surface area contributed by atoms with Gasteiger partial charge in [0, 0.05) is 0 Å². The molecule has 0 bridgehead atoms. The molecule has 0 aromatic heterocycles. The van der Waals surface area contributed by atoms with Crippen LogP contribution in [0.1, 0.15) is 39.0 Å². The largest absolute Gasteiger partial charge is 0.390 e. The summed E-state index contributed by atoms with van der Waals surface area (Å²) >= 11 is 0. The Balaban J connectivity index is 2.16. The minimum Gasteiger partial charge on any atom is -0.390 e. The molecule has 1 N–H and O–H groups in total. The summed E-state index contributed by atoms with van der Waals surface area (Å²) in [4.78, 5) is 0. The zero-order valence-corrected chi connectivity index (χ0v) is 6.64. The fourth-order valence-corrected chi connectivity index (χ4v) is 2.86. The molecule has 2 rings (SSSR count). The summed E-state index contributed by atoms with van der Waals surface area (Å²) in [5, 5.41) is 9.86. The topological polar surface area (TPSA) is 20.2 Å². The molecule has 0 aromatic carbocycles. The Morgan fingerprint density at radius 3 is 2.80 bits per heavy atom. The Labute approximate surface area is 62.4 Å². The molecule has 2 fully saturated rings. The number of aliphatic hydroxyl groups is 1. The standard InChI is InChI=1S/C9H16O/c1-9(10)6-5-7-3-2-4-8(7)9/h7-8,10H,2-6H2,1H3/t7-,8-,9-/m1/s1. The van der Waals surface area contributed by atoms with Gasteiger partial charge in [-0.15, -0.1) is 0 Å². The smallest absolute Gasteiger partial charge is 0.0650 e. The molecule has 1 heteroatoms. The molecule has 1 nitrogen and oxygen atoms in total. The summed E-state index contributed by atoms with van der Waals surface area (Å²) in [6, 6.07) is 0. The Morgan fingerprint density at radius 1 is 1.30 bits per heavy atom. The molecule has 2 saturated carbocycles. The van der Waals surface area contributed by atoms with Crippen molar-refractivity contribution in [1.29, 1.82) is 0 Å². The van der Waals surface area contributed by atoms with Crippen LogP contribution in [0.2, 0.25) is 0 Å². The number of hydrogen-bond donors (Lipinski definition) is 1. The van der Waals surface area contributed by atoms with E-state index in [4.69, 9.17) is 0 Å². The van der Waals surface area contributed by atoms with Crippen molar-refractivity contribution in [2.24, 2.45) is 11.8 Å². The van der Waals surface area contributed by atoms with E-state index in [1.165, 1.54) is 25.7 Å². The lowest BCUT2D eigenvalue weighted by Crippen LogP contribution is -2.29. The van der Waals surface area contributed by atoms with Crippen LogP contribution in [0.25, 0.3) is 0 Å². The van der Waals surface area contributed by atoms with Crippen molar-refractivity contribution in [3.63, 3.8) is 0 Å². The highest BCUT2D eigenvalue weighted by molar-refractivity contribution is 4.96. The van der Waals surface area contributed by atoms with Crippen molar-refractivity contribution in [3.05, 3.63) is 0 Å². The van der Waals surface area contributed by atoms with Gasteiger partial charge in [0.05, 0.1) is 5.60 Å². The summed E-state index contributed by atoms with van der Waals surface area (Å²) in [6.07, 6.45) is 6.32. The first-order valence-electron chi connectivity index (χ1n) is 4.42. The molecule has 0 saturated heterocycles. The normalized spacial score (nSPS) is 53.4. The van der Waals surface area contributed by atoms with Crippen LogP contribution >= 0.6 is 0 Å². The highest BCUT2D eigenvalue weighted by Crippen LogP contribution is 2.49. The van der Waals surface area contributed by atoms with E-state index in [1.807, 2.05) is 6.92 Å². The maximum atomic E-state index is 9.86. The summed E-state index contributed by atoms with van der Waals surface area (Å²) in [5.74, 6) is 1.52. The molecule has 58 valence electrons. The van der Waals surface area contributed by atoms with Gasteiger partial charge in [-0.05, 0) is 38.0 Å². The van der Waals surface area contributed by atoms with Crippen molar-refractivity contribution in [2.75, 3.05) is 0 Å². The third-order valence-corrected chi connectivity index (χ3v) is 3.48. The second-order valence-corrected chi connectivity index (χ2v) is 4.19. The van der Waals surface area contributed by atoms with E-state index in [-0.39, 0.29) is 5.60 Å². The minimum atomic E-state index is -0.304. The number of rotatable bonds is 0. The molecule has 2 aliphatic carbocycles. The van der Waals surface area contributed by atoms with Gasteiger partial charge in [0.1, 0.15) is 0 Å². The first kappa shape index (κ1) is 6.66. The van der Waals surface area contributed by atoms with Gasteiger partial charge in [-0.1, -0.05) is 12.8 Å². The second-order valence-electron chi connectivity index (χ2n) is 4.19. The first-order valence-corrected chi connectivity index (χ1v) is 4.42. The van der Waals surface area contributed by atoms with Crippen LogP contribution in [0, 0.1) is 11.8 Å². The van der Waals surface area contributed by atoms with Crippen LogP contribution in [0.5, 0.6) is 0 Å². The van der Waals surface area contributed by atoms with E-state index in [2.05, 4.69) is 0 Å². The molecule has 0 aliphatic heterocycles. The quantitative estimate of drug-likeness (QED) is 0.545. The van der Waals surface area contributed by atoms with E-state index in [0.29, 0.717) is 5.92 Å². The van der Waals surface area contributed by atoms with E-state index in [0.717, 1.165) is 12.3 Å². The van der Waals surface area contributed by atoms with E-state index >= 15 is 0 Å². The Hall–Kier alpha value is -0.0400. The maximum Gasteiger partial charge on any atom is 0.0650 e. The molecule has 0 unspecified atom stereocenters. The summed E-state index contributed by atoms with van der Waals surface area (Å²) < 4.78 is 0. The van der Waals surface area contributed by atoms with Gasteiger partial charge >= 0.3 is 0 Å². The van der Waals surface area contributed by atoms with Crippen LogP contribution in [-0.2, 0) is 0 Å². The lowest BCUT2D eigenvalue weighted by molar-refractivity contribution is 0.0166. The monoisotopic (exact) mass is 140 g/mol. The molecule has 0 aromatic rings. The molecular weight excluding hydrogens is 124 g/mol. The van der Waals surface area contributed by atoms with Gasteiger partial charge < -0.3 is 5.11 Å². The third kappa shape index (κ3) is 0.800. The van der Waals surface area contributed by atoms with Gasteiger partial charge in [0.2, 0.25) is 0 Å². The Kier molecular flexibility index (Phi) is 1.31. The van der Waals surface area contributed by atoms with Crippen LogP contribution in [0.15, 0.2) is 0 Å². The maximum absolute atomic E-state index is 9.86. The highest BCUT2D eigenvalue weighted by Gasteiger charge is 2.45. The third-order valence-electron chi connectivity index (χ3n) is 3.48. The lowest BCUT2D eigenvalue weighted by Gasteiger charge is -2.24. The second kappa shape index (κ2) is 1.97. The fourth-order valence-electron chi connectivity index (χ4n) is 2.86. The number of fused-ring (bicyclic) bond motifs is 1. The molecule has 0 radical (unpaired) electrons. The van der Waals surface area contributed by atoms with Crippen molar-refractivity contribution in [2.45, 2.75) is 44.6 Å². The van der Waals surface area contributed by atoms with Gasteiger partial charge in [-0.25, -0.2) is 0 Å². The van der Waals surface area contributed by atoms with Crippen molar-refractivity contribution >= 4 is 0 Å². The Bertz CT molecular complexity index is 140. The molecule has 10 heavy (non-hydrogen) atoms. The van der Waals surface area contributed by atoms with Crippen molar-refractivity contribution in [1.82, 2.24) is 0 Å². The summed E-state index contributed by atoms with van der Waals surface area (Å²) in [6.45, 7) is 2.02.